The Labute approximate surface area is 122 Å². The van der Waals surface area contributed by atoms with Gasteiger partial charge in [0.15, 0.2) is 0 Å². The molecule has 2 amide bonds. The van der Waals surface area contributed by atoms with Crippen LogP contribution in [0.2, 0.25) is 0 Å². The SMILES string of the molecule is CCN(CC)C(=O)Nc1cc(-c2ccncc2)c[nH]c1=O. The highest BCUT2D eigenvalue weighted by Crippen LogP contribution is 2.18. The molecule has 0 saturated carbocycles. The van der Waals surface area contributed by atoms with Crippen LogP contribution in [0, 0.1) is 0 Å². The largest absolute Gasteiger partial charge is 0.327 e. The highest BCUT2D eigenvalue weighted by Gasteiger charge is 2.12. The number of carbonyl (C=O) groups excluding carboxylic acids is 1. The van der Waals surface area contributed by atoms with E-state index in [9.17, 15) is 9.59 Å². The molecule has 0 aliphatic heterocycles. The molecule has 0 unspecified atom stereocenters. The van der Waals surface area contributed by atoms with Gasteiger partial charge in [0, 0.05) is 37.2 Å². The fourth-order valence-corrected chi connectivity index (χ4v) is 1.99. The molecule has 2 aromatic heterocycles. The Morgan fingerprint density at radius 3 is 2.52 bits per heavy atom. The van der Waals surface area contributed by atoms with E-state index < -0.39 is 0 Å². The third kappa shape index (κ3) is 3.47. The molecular formula is C15H18N4O2. The summed E-state index contributed by atoms with van der Waals surface area (Å²) >= 11 is 0. The first-order valence-corrected chi connectivity index (χ1v) is 6.84. The highest BCUT2D eigenvalue weighted by molar-refractivity contribution is 5.89. The third-order valence-electron chi connectivity index (χ3n) is 3.21. The van der Waals surface area contributed by atoms with Crippen molar-refractivity contribution in [2.45, 2.75) is 13.8 Å². The van der Waals surface area contributed by atoms with E-state index in [1.54, 1.807) is 29.6 Å². The van der Waals surface area contributed by atoms with E-state index in [0.717, 1.165) is 11.1 Å². The van der Waals surface area contributed by atoms with Crippen LogP contribution in [-0.4, -0.2) is 34.0 Å². The molecule has 21 heavy (non-hydrogen) atoms. The minimum atomic E-state index is -0.326. The first kappa shape index (κ1) is 14.8. The van der Waals surface area contributed by atoms with Crippen molar-refractivity contribution >= 4 is 11.7 Å². The number of pyridine rings is 2. The van der Waals surface area contributed by atoms with Crippen LogP contribution in [0.3, 0.4) is 0 Å². The Bertz CT molecular complexity index is 663. The normalized spacial score (nSPS) is 10.2. The standard InChI is InChI=1S/C15H18N4O2/c1-3-19(4-2)15(21)18-13-9-12(10-17-14(13)20)11-5-7-16-8-6-11/h5-10H,3-4H2,1-2H3,(H,17,20)(H,18,21). The van der Waals surface area contributed by atoms with Crippen molar-refractivity contribution in [2.75, 3.05) is 18.4 Å². The van der Waals surface area contributed by atoms with Gasteiger partial charge in [0.05, 0.1) is 0 Å². The number of H-pyrrole nitrogens is 1. The van der Waals surface area contributed by atoms with E-state index in [1.165, 1.54) is 0 Å². The molecule has 0 spiro atoms. The molecule has 2 N–H and O–H groups in total. The van der Waals surface area contributed by atoms with Crippen molar-refractivity contribution in [3.63, 3.8) is 0 Å². The minimum Gasteiger partial charge on any atom is -0.327 e. The maximum absolute atomic E-state index is 12.0. The van der Waals surface area contributed by atoms with Crippen molar-refractivity contribution in [3.8, 4) is 11.1 Å². The third-order valence-corrected chi connectivity index (χ3v) is 3.21. The van der Waals surface area contributed by atoms with Gasteiger partial charge >= 0.3 is 6.03 Å². The van der Waals surface area contributed by atoms with Gasteiger partial charge in [-0.3, -0.25) is 9.78 Å². The summed E-state index contributed by atoms with van der Waals surface area (Å²) in [4.78, 5) is 32.1. The molecule has 2 heterocycles. The lowest BCUT2D eigenvalue weighted by Gasteiger charge is -2.19. The Morgan fingerprint density at radius 2 is 1.90 bits per heavy atom. The number of hydrogen-bond donors (Lipinski definition) is 2. The number of nitrogens with zero attached hydrogens (tertiary/aromatic N) is 2. The second kappa shape index (κ2) is 6.69. The average Bonchev–Trinajstić information content (AvgIpc) is 2.51. The number of aromatic amines is 1. The lowest BCUT2D eigenvalue weighted by Crippen LogP contribution is -2.35. The topological polar surface area (TPSA) is 78.1 Å². The fourth-order valence-electron chi connectivity index (χ4n) is 1.99. The average molecular weight is 286 g/mol. The van der Waals surface area contributed by atoms with Crippen LogP contribution < -0.4 is 10.9 Å². The summed E-state index contributed by atoms with van der Waals surface area (Å²) in [5.41, 5.74) is 1.64. The minimum absolute atomic E-state index is 0.237. The van der Waals surface area contributed by atoms with E-state index in [1.807, 2.05) is 26.0 Å². The van der Waals surface area contributed by atoms with Crippen molar-refractivity contribution in [2.24, 2.45) is 0 Å². The number of carbonyl (C=O) groups is 1. The van der Waals surface area contributed by atoms with E-state index in [-0.39, 0.29) is 17.3 Å². The van der Waals surface area contributed by atoms with E-state index in [4.69, 9.17) is 0 Å². The predicted octanol–water partition coefficient (Wildman–Crippen LogP) is 2.31. The van der Waals surface area contributed by atoms with Crippen LogP contribution in [0.5, 0.6) is 0 Å². The molecule has 0 atom stereocenters. The number of anilines is 1. The maximum Gasteiger partial charge on any atom is 0.321 e. The lowest BCUT2D eigenvalue weighted by atomic mass is 10.1. The van der Waals surface area contributed by atoms with Crippen LogP contribution in [0.1, 0.15) is 13.8 Å². The monoisotopic (exact) mass is 286 g/mol. The molecule has 0 radical (unpaired) electrons. The molecular weight excluding hydrogens is 268 g/mol. The van der Waals surface area contributed by atoms with Crippen LogP contribution in [0.25, 0.3) is 11.1 Å². The Balaban J connectivity index is 2.28. The van der Waals surface area contributed by atoms with E-state index in [0.29, 0.717) is 13.1 Å². The van der Waals surface area contributed by atoms with Gasteiger partial charge in [-0.2, -0.15) is 0 Å². The Hall–Kier alpha value is -2.63. The zero-order chi connectivity index (χ0) is 15.2. The quantitative estimate of drug-likeness (QED) is 0.905. The molecule has 0 bridgehead atoms. The second-order valence-electron chi connectivity index (χ2n) is 4.47. The number of urea groups is 1. The molecule has 2 rings (SSSR count). The smallest absolute Gasteiger partial charge is 0.321 e. The zero-order valence-electron chi connectivity index (χ0n) is 12.1. The van der Waals surface area contributed by atoms with Crippen LogP contribution in [0.4, 0.5) is 10.5 Å². The summed E-state index contributed by atoms with van der Waals surface area (Å²) in [6.07, 6.45) is 4.97. The fraction of sp³-hybridized carbons (Fsp3) is 0.267. The first-order valence-electron chi connectivity index (χ1n) is 6.84. The molecule has 0 aliphatic rings. The summed E-state index contributed by atoms with van der Waals surface area (Å²) in [5, 5.41) is 2.65. The van der Waals surface area contributed by atoms with Gasteiger partial charge in [-0.25, -0.2) is 4.79 Å². The lowest BCUT2D eigenvalue weighted by molar-refractivity contribution is 0.217. The second-order valence-corrected chi connectivity index (χ2v) is 4.47. The maximum atomic E-state index is 12.0. The number of rotatable bonds is 4. The van der Waals surface area contributed by atoms with Crippen LogP contribution >= 0.6 is 0 Å². The van der Waals surface area contributed by atoms with Crippen molar-refractivity contribution in [1.29, 1.82) is 0 Å². The Kier molecular flexibility index (Phi) is 4.71. The zero-order valence-corrected chi connectivity index (χ0v) is 12.1. The Morgan fingerprint density at radius 1 is 1.24 bits per heavy atom. The summed E-state index contributed by atoms with van der Waals surface area (Å²) in [6, 6.07) is 5.06. The molecule has 2 aromatic rings. The summed E-state index contributed by atoms with van der Waals surface area (Å²) in [5.74, 6) is 0. The van der Waals surface area contributed by atoms with Gasteiger partial charge < -0.3 is 15.2 Å². The van der Waals surface area contributed by atoms with Crippen LogP contribution in [0.15, 0.2) is 41.6 Å². The van der Waals surface area contributed by atoms with Crippen molar-refractivity contribution in [3.05, 3.63) is 47.1 Å². The van der Waals surface area contributed by atoms with Gasteiger partial charge in [0.1, 0.15) is 5.69 Å². The number of aromatic nitrogens is 2. The van der Waals surface area contributed by atoms with Gasteiger partial charge in [-0.05, 0) is 37.6 Å². The van der Waals surface area contributed by atoms with Crippen molar-refractivity contribution in [1.82, 2.24) is 14.9 Å². The molecule has 0 saturated heterocycles. The summed E-state index contributed by atoms with van der Waals surface area (Å²) < 4.78 is 0. The van der Waals surface area contributed by atoms with Gasteiger partial charge in [0.25, 0.3) is 5.56 Å². The van der Waals surface area contributed by atoms with Gasteiger partial charge in [-0.1, -0.05) is 0 Å². The van der Waals surface area contributed by atoms with E-state index in [2.05, 4.69) is 15.3 Å². The number of nitrogens with one attached hydrogen (secondary N) is 2. The summed E-state index contributed by atoms with van der Waals surface area (Å²) in [6.45, 7) is 4.95. The number of amides is 2. The molecule has 0 aliphatic carbocycles. The first-order chi connectivity index (χ1) is 10.2. The predicted molar refractivity (Wildman–Crippen MR) is 82.2 cm³/mol. The molecule has 0 aromatic carbocycles. The van der Waals surface area contributed by atoms with Gasteiger partial charge in [0.2, 0.25) is 0 Å². The molecule has 6 nitrogen and oxygen atoms in total. The molecule has 6 heteroatoms. The number of hydrogen-bond acceptors (Lipinski definition) is 3. The van der Waals surface area contributed by atoms with Crippen molar-refractivity contribution < 1.29 is 4.79 Å². The van der Waals surface area contributed by atoms with Gasteiger partial charge in [-0.15, -0.1) is 0 Å². The molecule has 110 valence electrons. The van der Waals surface area contributed by atoms with Crippen LogP contribution in [-0.2, 0) is 0 Å². The highest BCUT2D eigenvalue weighted by atomic mass is 16.2. The molecule has 0 fully saturated rings. The summed E-state index contributed by atoms with van der Waals surface area (Å²) in [7, 11) is 0. The van der Waals surface area contributed by atoms with E-state index >= 15 is 0 Å².